The first-order valence-corrected chi connectivity index (χ1v) is 6.16. The van der Waals surface area contributed by atoms with Crippen LogP contribution in [0.4, 0.5) is 4.79 Å². The van der Waals surface area contributed by atoms with Crippen molar-refractivity contribution in [3.05, 3.63) is 35.4 Å². The van der Waals surface area contributed by atoms with Gasteiger partial charge in [0.1, 0.15) is 0 Å². The summed E-state index contributed by atoms with van der Waals surface area (Å²) in [6, 6.07) is 7.07. The zero-order valence-electron chi connectivity index (χ0n) is 9.76. The predicted octanol–water partition coefficient (Wildman–Crippen LogP) is 3.00. The zero-order chi connectivity index (χ0) is 12.7. The van der Waals surface area contributed by atoms with Crippen molar-refractivity contribution in [2.24, 2.45) is 0 Å². The van der Waals surface area contributed by atoms with Gasteiger partial charge in [0, 0.05) is 5.75 Å². The van der Waals surface area contributed by atoms with E-state index in [0.717, 1.165) is 17.3 Å². The second-order valence-corrected chi connectivity index (χ2v) is 4.39. The van der Waals surface area contributed by atoms with E-state index in [1.807, 2.05) is 26.0 Å². The highest BCUT2D eigenvalue weighted by Gasteiger charge is 2.10. The van der Waals surface area contributed by atoms with Gasteiger partial charge < -0.3 is 9.47 Å². The number of ether oxygens (including phenoxy) is 2. The van der Waals surface area contributed by atoms with E-state index in [1.54, 1.807) is 12.1 Å². The number of thioether (sulfide) groups is 1. The van der Waals surface area contributed by atoms with Crippen LogP contribution >= 0.6 is 11.8 Å². The third-order valence-electron chi connectivity index (χ3n) is 1.99. The maximum absolute atomic E-state index is 11.6. The summed E-state index contributed by atoms with van der Waals surface area (Å²) in [5.41, 5.74) is 1.30. The topological polar surface area (TPSA) is 52.6 Å². The van der Waals surface area contributed by atoms with Crippen LogP contribution in [-0.2, 0) is 9.47 Å². The average molecular weight is 254 g/mol. The standard InChI is InChI=1S/C12H14O4S/c1-3-17-12(14)16-8-15-11(13)10-7-5-4-6-9(10)2/h4-7H,3,8H2,1-2H3. The van der Waals surface area contributed by atoms with Gasteiger partial charge in [-0.25, -0.2) is 9.59 Å². The molecule has 0 aliphatic heterocycles. The lowest BCUT2D eigenvalue weighted by Crippen LogP contribution is -2.11. The van der Waals surface area contributed by atoms with Crippen LogP contribution in [0.2, 0.25) is 0 Å². The molecule has 17 heavy (non-hydrogen) atoms. The Bertz CT molecular complexity index is 403. The van der Waals surface area contributed by atoms with Gasteiger partial charge in [0.05, 0.1) is 5.56 Å². The molecule has 0 saturated carbocycles. The highest BCUT2D eigenvalue weighted by molar-refractivity contribution is 8.13. The molecule has 0 saturated heterocycles. The number of rotatable bonds is 4. The summed E-state index contributed by atoms with van der Waals surface area (Å²) in [5, 5.41) is -0.440. The minimum absolute atomic E-state index is 0.348. The first kappa shape index (κ1) is 13.6. The number of carbonyl (C=O) groups excluding carboxylic acids is 2. The quantitative estimate of drug-likeness (QED) is 0.610. The molecule has 0 radical (unpaired) electrons. The Hall–Kier alpha value is -1.49. The van der Waals surface area contributed by atoms with Gasteiger partial charge in [-0.05, 0) is 30.3 Å². The molecule has 0 unspecified atom stereocenters. The van der Waals surface area contributed by atoms with Crippen molar-refractivity contribution >= 4 is 23.0 Å². The van der Waals surface area contributed by atoms with Crippen LogP contribution in [0, 0.1) is 6.92 Å². The van der Waals surface area contributed by atoms with E-state index in [4.69, 9.17) is 9.47 Å². The molecule has 0 fully saturated rings. The molecule has 0 aliphatic carbocycles. The van der Waals surface area contributed by atoms with Crippen molar-refractivity contribution in [2.45, 2.75) is 13.8 Å². The maximum atomic E-state index is 11.6. The van der Waals surface area contributed by atoms with Gasteiger partial charge in [-0.1, -0.05) is 25.1 Å². The Morgan fingerprint density at radius 3 is 2.59 bits per heavy atom. The molecule has 92 valence electrons. The van der Waals surface area contributed by atoms with Crippen LogP contribution in [0.1, 0.15) is 22.8 Å². The van der Waals surface area contributed by atoms with E-state index in [2.05, 4.69) is 0 Å². The van der Waals surface area contributed by atoms with Gasteiger partial charge in [-0.3, -0.25) is 0 Å². The first-order chi connectivity index (χ1) is 8.15. The Balaban J connectivity index is 2.41. The van der Waals surface area contributed by atoms with Crippen LogP contribution < -0.4 is 0 Å². The van der Waals surface area contributed by atoms with Crippen molar-refractivity contribution in [1.82, 2.24) is 0 Å². The van der Waals surface area contributed by atoms with Crippen molar-refractivity contribution in [3.63, 3.8) is 0 Å². The summed E-state index contributed by atoms with van der Waals surface area (Å²) in [7, 11) is 0. The van der Waals surface area contributed by atoms with Crippen LogP contribution in [0.25, 0.3) is 0 Å². The smallest absolute Gasteiger partial charge is 0.370 e. The van der Waals surface area contributed by atoms with E-state index in [9.17, 15) is 9.59 Å². The molecule has 0 spiro atoms. The monoisotopic (exact) mass is 254 g/mol. The van der Waals surface area contributed by atoms with Crippen molar-refractivity contribution in [1.29, 1.82) is 0 Å². The average Bonchev–Trinajstić information content (AvgIpc) is 2.29. The van der Waals surface area contributed by atoms with Crippen LogP contribution in [-0.4, -0.2) is 23.8 Å². The van der Waals surface area contributed by atoms with Crippen molar-refractivity contribution in [3.8, 4) is 0 Å². The van der Waals surface area contributed by atoms with E-state index in [0.29, 0.717) is 11.3 Å². The normalized spacial score (nSPS) is 9.76. The third-order valence-corrected chi connectivity index (χ3v) is 2.64. The van der Waals surface area contributed by atoms with Gasteiger partial charge in [0.2, 0.25) is 6.79 Å². The molecule has 0 amide bonds. The fraction of sp³-hybridized carbons (Fsp3) is 0.333. The van der Waals surface area contributed by atoms with E-state index < -0.39 is 11.3 Å². The number of esters is 1. The summed E-state index contributed by atoms with van der Waals surface area (Å²) < 4.78 is 9.53. The molecular formula is C12H14O4S. The highest BCUT2D eigenvalue weighted by Crippen LogP contribution is 2.09. The molecule has 1 aromatic rings. The van der Waals surface area contributed by atoms with E-state index in [1.165, 1.54) is 0 Å². The van der Waals surface area contributed by atoms with Gasteiger partial charge in [-0.15, -0.1) is 0 Å². The second kappa shape index (κ2) is 6.96. The SMILES string of the molecule is CCSC(=O)OCOC(=O)c1ccccc1C. The molecule has 0 N–H and O–H groups in total. The number of aryl methyl sites for hydroxylation is 1. The molecule has 4 nitrogen and oxygen atoms in total. The lowest BCUT2D eigenvalue weighted by Gasteiger charge is -2.06. The Morgan fingerprint density at radius 1 is 1.24 bits per heavy atom. The van der Waals surface area contributed by atoms with Crippen molar-refractivity contribution < 1.29 is 19.1 Å². The predicted molar refractivity (Wildman–Crippen MR) is 66.1 cm³/mol. The lowest BCUT2D eigenvalue weighted by atomic mass is 10.1. The summed E-state index contributed by atoms with van der Waals surface area (Å²) in [4.78, 5) is 22.6. The molecule has 0 bridgehead atoms. The van der Waals surface area contributed by atoms with Crippen LogP contribution in [0.15, 0.2) is 24.3 Å². The fourth-order valence-corrected chi connectivity index (χ4v) is 1.54. The Kier molecular flexibility index (Phi) is 5.56. The first-order valence-electron chi connectivity index (χ1n) is 5.17. The minimum atomic E-state index is -0.489. The van der Waals surface area contributed by atoms with Gasteiger partial charge in [0.25, 0.3) is 0 Å². The van der Waals surface area contributed by atoms with Crippen molar-refractivity contribution in [2.75, 3.05) is 12.5 Å². The summed E-state index contributed by atoms with van der Waals surface area (Å²) >= 11 is 1.03. The van der Waals surface area contributed by atoms with E-state index in [-0.39, 0.29) is 6.79 Å². The number of carbonyl (C=O) groups is 2. The lowest BCUT2D eigenvalue weighted by molar-refractivity contribution is 0.00403. The molecule has 1 aromatic carbocycles. The van der Waals surface area contributed by atoms with E-state index >= 15 is 0 Å². The summed E-state index contributed by atoms with van der Waals surface area (Å²) in [6.45, 7) is 3.31. The summed E-state index contributed by atoms with van der Waals surface area (Å²) in [5.74, 6) is 0.141. The molecule has 0 aromatic heterocycles. The second-order valence-electron chi connectivity index (χ2n) is 3.19. The molecule has 0 aliphatic rings. The largest absolute Gasteiger partial charge is 0.424 e. The molecule has 0 heterocycles. The van der Waals surface area contributed by atoms with Gasteiger partial charge in [0.15, 0.2) is 0 Å². The zero-order valence-corrected chi connectivity index (χ0v) is 10.6. The third kappa shape index (κ3) is 4.48. The highest BCUT2D eigenvalue weighted by atomic mass is 32.2. The van der Waals surface area contributed by atoms with Crippen LogP contribution in [0.3, 0.4) is 0 Å². The fourth-order valence-electron chi connectivity index (χ4n) is 1.17. The number of hydrogen-bond acceptors (Lipinski definition) is 5. The van der Waals surface area contributed by atoms with Crippen LogP contribution in [0.5, 0.6) is 0 Å². The molecular weight excluding hydrogens is 240 g/mol. The Morgan fingerprint density at radius 2 is 1.94 bits per heavy atom. The molecule has 0 atom stereocenters. The summed E-state index contributed by atoms with van der Waals surface area (Å²) in [6.07, 6.45) is 0. The maximum Gasteiger partial charge on any atom is 0.370 e. The molecule has 1 rings (SSSR count). The van der Waals surface area contributed by atoms with Gasteiger partial charge >= 0.3 is 11.3 Å². The molecule has 5 heteroatoms. The number of benzene rings is 1. The van der Waals surface area contributed by atoms with Gasteiger partial charge in [-0.2, -0.15) is 0 Å². The minimum Gasteiger partial charge on any atom is -0.424 e. The Labute approximate surface area is 104 Å². The number of hydrogen-bond donors (Lipinski definition) is 0.